The molecule has 0 saturated heterocycles. The van der Waals surface area contributed by atoms with Gasteiger partial charge in [-0.05, 0) is 42.4 Å². The lowest BCUT2D eigenvalue weighted by Crippen LogP contribution is -2.55. The summed E-state index contributed by atoms with van der Waals surface area (Å²) in [7, 11) is 0. The number of nitrogens with one attached hydrogen (secondary N) is 5. The Morgan fingerprint density at radius 1 is 0.633 bits per heavy atom. The number of amides is 6. The number of hydrogen-bond acceptors (Lipinski definition) is 21. The number of rotatable bonds is 52. The first-order valence-corrected chi connectivity index (χ1v) is 26.6. The van der Waals surface area contributed by atoms with Gasteiger partial charge in [-0.25, -0.2) is 14.3 Å². The Balaban J connectivity index is 1.43. The van der Waals surface area contributed by atoms with E-state index in [1.165, 1.54) is 0 Å². The first-order valence-electron chi connectivity index (χ1n) is 26.6. The third-order valence-electron chi connectivity index (χ3n) is 10.4. The standard InChI is InChI=1S/C51H88N10O18/c1-40(2)37-77-34-33-76-32-31-75-30-29-74-28-27-73-26-25-72-24-23-71-22-21-70-20-19-69-18-17-68-16-15-67-14-13-61-36-44(59-60-61)35-55-51(66)78-38-42-8-10-43(11-9-42)56-48(63)45(7-6-12-54-50(52)65)57-49(64)47(41(3)4)58-46(62)39-79-53-5/h8-11,36,40-41,45,47H,5-7,12-35,37-39H2,1-4H3,(H,55,66)(H,56,63)(H,57,64)(H,58,62)(H3,52,54,65)/t45-,47-/m0/s1. The van der Waals surface area contributed by atoms with Crippen molar-refractivity contribution in [3.8, 4) is 0 Å². The molecule has 7 N–H and O–H groups in total. The highest BCUT2D eigenvalue weighted by Crippen LogP contribution is 2.13. The van der Waals surface area contributed by atoms with Crippen molar-refractivity contribution in [3.63, 3.8) is 0 Å². The molecule has 0 bridgehead atoms. The summed E-state index contributed by atoms with van der Waals surface area (Å²) < 4.78 is 67.5. The number of carbonyl (C=O) groups is 5. The average molecular weight is 1130 g/mol. The van der Waals surface area contributed by atoms with Crippen molar-refractivity contribution in [2.45, 2.75) is 72.3 Å². The second-order valence-corrected chi connectivity index (χ2v) is 17.9. The van der Waals surface area contributed by atoms with E-state index in [2.05, 4.69) is 67.5 Å². The summed E-state index contributed by atoms with van der Waals surface area (Å²) in [4.78, 5) is 67.1. The first kappa shape index (κ1) is 69.4. The van der Waals surface area contributed by atoms with Crippen molar-refractivity contribution in [3.05, 3.63) is 41.7 Å². The van der Waals surface area contributed by atoms with Crippen molar-refractivity contribution in [1.29, 1.82) is 0 Å². The van der Waals surface area contributed by atoms with Crippen LogP contribution in [0.15, 0.2) is 35.6 Å². The van der Waals surface area contributed by atoms with Crippen LogP contribution in [-0.4, -0.2) is 222 Å². The number of hydrogen-bond donors (Lipinski definition) is 6. The Hall–Kier alpha value is -5.66. The van der Waals surface area contributed by atoms with Crippen LogP contribution in [0.5, 0.6) is 0 Å². The molecule has 0 spiro atoms. The highest BCUT2D eigenvalue weighted by atomic mass is 16.6. The highest BCUT2D eigenvalue weighted by Gasteiger charge is 2.29. The fourth-order valence-electron chi connectivity index (χ4n) is 6.38. The fraction of sp³-hybridized carbons (Fsp3) is 0.725. The van der Waals surface area contributed by atoms with E-state index in [-0.39, 0.29) is 32.0 Å². The molecule has 0 radical (unpaired) electrons. The lowest BCUT2D eigenvalue weighted by Gasteiger charge is -2.25. The van der Waals surface area contributed by atoms with E-state index in [4.69, 9.17) is 62.6 Å². The van der Waals surface area contributed by atoms with Crippen LogP contribution in [0.25, 0.3) is 0 Å². The van der Waals surface area contributed by atoms with E-state index in [0.717, 1.165) is 6.61 Å². The van der Waals surface area contributed by atoms with Gasteiger partial charge in [0.25, 0.3) is 5.91 Å². The van der Waals surface area contributed by atoms with E-state index in [1.807, 2.05) is 0 Å². The highest BCUT2D eigenvalue weighted by molar-refractivity contribution is 5.98. The Morgan fingerprint density at radius 3 is 1.57 bits per heavy atom. The molecule has 0 fully saturated rings. The molecule has 28 heteroatoms. The maximum atomic E-state index is 13.4. The number of aromatic nitrogens is 3. The second-order valence-electron chi connectivity index (χ2n) is 17.9. The predicted octanol–water partition coefficient (Wildman–Crippen LogP) is 1.19. The summed E-state index contributed by atoms with van der Waals surface area (Å²) in [5.41, 5.74) is 6.71. The smallest absolute Gasteiger partial charge is 0.407 e. The SMILES string of the molecule is C=NOCC(=O)N[C@H](C(=O)N[C@@H](CCCNC(N)=O)C(=O)Nc1ccc(COC(=O)NCc2cn(CCOCCOCCOCCOCCOCCOCCOCCOCCOCCOCCOCC(C)C)nn2)cc1)C(C)C. The normalized spacial score (nSPS) is 12.0. The van der Waals surface area contributed by atoms with Crippen molar-refractivity contribution >= 4 is 42.3 Å². The van der Waals surface area contributed by atoms with Crippen LogP contribution in [-0.2, 0) is 95.8 Å². The molecule has 0 unspecified atom stereocenters. The summed E-state index contributed by atoms with van der Waals surface area (Å²) in [5, 5.41) is 24.4. The Morgan fingerprint density at radius 2 is 1.11 bits per heavy atom. The van der Waals surface area contributed by atoms with E-state index in [9.17, 15) is 24.0 Å². The lowest BCUT2D eigenvalue weighted by molar-refractivity contribution is -0.133. The third kappa shape index (κ3) is 39.4. The molecule has 2 rings (SSSR count). The van der Waals surface area contributed by atoms with E-state index >= 15 is 0 Å². The van der Waals surface area contributed by atoms with Crippen molar-refractivity contribution < 1.29 is 85.7 Å². The average Bonchev–Trinajstić information content (AvgIpc) is 3.89. The largest absolute Gasteiger partial charge is 0.445 e. The molecule has 1 aromatic carbocycles. The monoisotopic (exact) mass is 1130 g/mol. The van der Waals surface area contributed by atoms with Crippen LogP contribution in [0.4, 0.5) is 15.3 Å². The van der Waals surface area contributed by atoms with Crippen LogP contribution in [0, 0.1) is 11.8 Å². The molecule has 1 aromatic heterocycles. The number of urea groups is 1. The number of nitrogens with two attached hydrogens (primary N) is 1. The van der Waals surface area contributed by atoms with Crippen LogP contribution in [0.1, 0.15) is 51.8 Å². The zero-order valence-electron chi connectivity index (χ0n) is 46.6. The molecule has 0 aliphatic rings. The number of oxime groups is 1. The van der Waals surface area contributed by atoms with E-state index in [1.54, 1.807) is 49.0 Å². The maximum Gasteiger partial charge on any atom is 0.407 e. The molecule has 0 saturated carbocycles. The van der Waals surface area contributed by atoms with Gasteiger partial charge in [0, 0.05) is 25.6 Å². The zero-order chi connectivity index (χ0) is 57.4. The van der Waals surface area contributed by atoms with Gasteiger partial charge in [0.05, 0.1) is 158 Å². The quantitative estimate of drug-likeness (QED) is 0.0308. The van der Waals surface area contributed by atoms with Crippen LogP contribution < -0.4 is 32.3 Å². The van der Waals surface area contributed by atoms with Gasteiger partial charge in [0.1, 0.15) is 24.4 Å². The Kier molecular flexibility index (Phi) is 41.5. The topological polar surface area (TPSA) is 335 Å². The zero-order valence-corrected chi connectivity index (χ0v) is 46.6. The minimum Gasteiger partial charge on any atom is -0.445 e. The van der Waals surface area contributed by atoms with Gasteiger partial charge in [-0.2, -0.15) is 0 Å². The van der Waals surface area contributed by atoms with Gasteiger partial charge in [0.15, 0.2) is 6.61 Å². The van der Waals surface area contributed by atoms with Gasteiger partial charge in [-0.15, -0.1) is 10.3 Å². The number of carbonyl (C=O) groups excluding carboxylic acids is 5. The lowest BCUT2D eigenvalue weighted by atomic mass is 10.0. The molecular weight excluding hydrogens is 1040 g/mol. The minimum absolute atomic E-state index is 0.0598. The predicted molar refractivity (Wildman–Crippen MR) is 287 cm³/mol. The van der Waals surface area contributed by atoms with Gasteiger partial charge in [-0.1, -0.05) is 45.0 Å². The van der Waals surface area contributed by atoms with Gasteiger partial charge >= 0.3 is 12.1 Å². The number of anilines is 1. The summed E-state index contributed by atoms with van der Waals surface area (Å²) in [6, 6.07) is 3.79. The number of alkyl carbamates (subject to hydrolysis) is 1. The summed E-state index contributed by atoms with van der Waals surface area (Å²) in [6.45, 7) is 21.7. The van der Waals surface area contributed by atoms with Crippen molar-refractivity contribution in [2.24, 2.45) is 22.7 Å². The van der Waals surface area contributed by atoms with Gasteiger partial charge in [-0.3, -0.25) is 14.4 Å². The van der Waals surface area contributed by atoms with Crippen LogP contribution in [0.2, 0.25) is 0 Å². The summed E-state index contributed by atoms with van der Waals surface area (Å²) >= 11 is 0. The van der Waals surface area contributed by atoms with Crippen molar-refractivity contribution in [1.82, 2.24) is 36.3 Å². The van der Waals surface area contributed by atoms with Crippen LogP contribution in [0.3, 0.4) is 0 Å². The number of primary amides is 1. The molecule has 0 aliphatic carbocycles. The maximum absolute atomic E-state index is 13.4. The number of ether oxygens (including phenoxy) is 12. The molecule has 0 aliphatic heterocycles. The van der Waals surface area contributed by atoms with E-state index in [0.29, 0.717) is 175 Å². The number of nitrogens with zero attached hydrogens (tertiary/aromatic N) is 4. The van der Waals surface area contributed by atoms with E-state index < -0.39 is 48.5 Å². The van der Waals surface area contributed by atoms with Crippen molar-refractivity contribution in [2.75, 3.05) is 164 Å². The molecular formula is C51H88N10O18. The minimum atomic E-state index is -1.04. The van der Waals surface area contributed by atoms with Crippen LogP contribution >= 0.6 is 0 Å². The Labute approximate surface area is 463 Å². The third-order valence-corrected chi connectivity index (χ3v) is 10.4. The molecule has 79 heavy (non-hydrogen) atoms. The summed E-state index contributed by atoms with van der Waals surface area (Å²) in [5.74, 6) is -1.55. The number of benzene rings is 1. The molecule has 2 aromatic rings. The fourth-order valence-corrected chi connectivity index (χ4v) is 6.38. The van der Waals surface area contributed by atoms with Gasteiger partial charge in [0.2, 0.25) is 11.8 Å². The molecule has 1 heterocycles. The first-order chi connectivity index (χ1) is 38.4. The summed E-state index contributed by atoms with van der Waals surface area (Å²) in [6.07, 6.45) is 1.46. The Bertz CT molecular complexity index is 1900. The molecule has 6 amide bonds. The molecule has 450 valence electrons. The second kappa shape index (κ2) is 47.2. The molecule has 2 atom stereocenters. The van der Waals surface area contributed by atoms with Gasteiger partial charge < -0.3 is 94.0 Å². The molecule has 28 nitrogen and oxygen atoms in total.